The van der Waals surface area contributed by atoms with Crippen LogP contribution in [-0.2, 0) is 19.3 Å². The molecule has 2 N–H and O–H groups in total. The number of fused-ring (bicyclic) bond motifs is 1. The van der Waals surface area contributed by atoms with Crippen LogP contribution in [0.25, 0.3) is 0 Å². The monoisotopic (exact) mass is 243 g/mol. The summed E-state index contributed by atoms with van der Waals surface area (Å²) in [4.78, 5) is 4.44. The maximum absolute atomic E-state index is 5.49. The molecule has 1 aliphatic carbocycles. The molecule has 2 aromatic rings. The maximum atomic E-state index is 5.49. The average Bonchev–Trinajstić information content (AvgIpc) is 2.87. The minimum Gasteiger partial charge on any atom is -0.339 e. The molecule has 1 atom stereocenters. The summed E-state index contributed by atoms with van der Waals surface area (Å²) in [5, 5.41) is 3.97. The van der Waals surface area contributed by atoms with Crippen LogP contribution >= 0.6 is 0 Å². The van der Waals surface area contributed by atoms with Gasteiger partial charge < -0.3 is 10.3 Å². The van der Waals surface area contributed by atoms with Crippen LogP contribution < -0.4 is 5.73 Å². The average molecular weight is 243 g/mol. The summed E-state index contributed by atoms with van der Waals surface area (Å²) in [6, 6.07) is 8.60. The molecule has 0 fully saturated rings. The largest absolute Gasteiger partial charge is 0.339 e. The zero-order chi connectivity index (χ0) is 12.4. The Kier molecular flexibility index (Phi) is 3.11. The molecule has 1 heterocycles. The van der Waals surface area contributed by atoms with Crippen LogP contribution in [0.4, 0.5) is 0 Å². The van der Waals surface area contributed by atoms with Crippen molar-refractivity contribution >= 4 is 0 Å². The van der Waals surface area contributed by atoms with Crippen LogP contribution in [0.5, 0.6) is 0 Å². The van der Waals surface area contributed by atoms with Crippen molar-refractivity contribution in [2.24, 2.45) is 5.73 Å². The number of benzene rings is 1. The Morgan fingerprint density at radius 1 is 1.28 bits per heavy atom. The molecule has 0 amide bonds. The Balaban J connectivity index is 1.78. The topological polar surface area (TPSA) is 64.9 Å². The summed E-state index contributed by atoms with van der Waals surface area (Å²) < 4.78 is 5.36. The highest BCUT2D eigenvalue weighted by Crippen LogP contribution is 2.31. The second-order valence-corrected chi connectivity index (χ2v) is 4.80. The Labute approximate surface area is 106 Å². The molecular formula is C14H17N3O. The first-order chi connectivity index (χ1) is 8.86. The van der Waals surface area contributed by atoms with Gasteiger partial charge in [-0.1, -0.05) is 29.4 Å². The summed E-state index contributed by atoms with van der Waals surface area (Å²) in [7, 11) is 0. The van der Waals surface area contributed by atoms with Crippen molar-refractivity contribution in [3.63, 3.8) is 0 Å². The maximum Gasteiger partial charge on any atom is 0.230 e. The van der Waals surface area contributed by atoms with Crippen molar-refractivity contribution in [1.29, 1.82) is 0 Å². The predicted molar refractivity (Wildman–Crippen MR) is 68.3 cm³/mol. The van der Waals surface area contributed by atoms with Crippen molar-refractivity contribution in [3.8, 4) is 0 Å². The smallest absolute Gasteiger partial charge is 0.230 e. The number of nitrogens with zero attached hydrogens (tertiary/aromatic N) is 2. The molecule has 1 unspecified atom stereocenters. The Bertz CT molecular complexity index is 535. The molecule has 1 aromatic carbocycles. The van der Waals surface area contributed by atoms with Gasteiger partial charge in [0.1, 0.15) is 0 Å². The second kappa shape index (κ2) is 4.90. The first-order valence-electron chi connectivity index (χ1n) is 6.46. The number of rotatable bonds is 3. The summed E-state index contributed by atoms with van der Waals surface area (Å²) in [5.41, 5.74) is 8.35. The van der Waals surface area contributed by atoms with Crippen molar-refractivity contribution in [1.82, 2.24) is 10.1 Å². The number of hydrogen-bond acceptors (Lipinski definition) is 4. The molecule has 0 saturated heterocycles. The van der Waals surface area contributed by atoms with Crippen molar-refractivity contribution in [2.45, 2.75) is 31.6 Å². The minimum absolute atomic E-state index is 0.360. The van der Waals surface area contributed by atoms with Crippen molar-refractivity contribution in [2.75, 3.05) is 6.54 Å². The van der Waals surface area contributed by atoms with Crippen LogP contribution in [0.1, 0.15) is 35.2 Å². The number of aromatic nitrogens is 2. The fourth-order valence-corrected chi connectivity index (χ4v) is 2.57. The van der Waals surface area contributed by atoms with Crippen molar-refractivity contribution < 1.29 is 4.52 Å². The van der Waals surface area contributed by atoms with E-state index in [1.54, 1.807) is 0 Å². The van der Waals surface area contributed by atoms with Gasteiger partial charge in [-0.15, -0.1) is 0 Å². The van der Waals surface area contributed by atoms with Gasteiger partial charge in [-0.2, -0.15) is 4.98 Å². The number of hydrogen-bond donors (Lipinski definition) is 1. The van der Waals surface area contributed by atoms with Gasteiger partial charge in [-0.3, -0.25) is 0 Å². The van der Waals surface area contributed by atoms with E-state index in [9.17, 15) is 0 Å². The van der Waals surface area contributed by atoms with E-state index >= 15 is 0 Å². The minimum atomic E-state index is 0.360. The second-order valence-electron chi connectivity index (χ2n) is 4.80. The van der Waals surface area contributed by atoms with E-state index in [-0.39, 0.29) is 0 Å². The third-order valence-electron chi connectivity index (χ3n) is 3.55. The summed E-state index contributed by atoms with van der Waals surface area (Å²) in [6.45, 7) is 0.562. The van der Waals surface area contributed by atoms with Crippen LogP contribution in [-0.4, -0.2) is 16.7 Å². The van der Waals surface area contributed by atoms with Gasteiger partial charge in [0.05, 0.1) is 0 Å². The van der Waals surface area contributed by atoms with Gasteiger partial charge >= 0.3 is 0 Å². The predicted octanol–water partition coefficient (Wildman–Crippen LogP) is 1.84. The van der Waals surface area contributed by atoms with Gasteiger partial charge in [0, 0.05) is 12.3 Å². The van der Waals surface area contributed by atoms with Gasteiger partial charge in [-0.05, 0) is 36.9 Å². The molecule has 1 aromatic heterocycles. The third-order valence-corrected chi connectivity index (χ3v) is 3.55. The van der Waals surface area contributed by atoms with Crippen molar-refractivity contribution in [3.05, 3.63) is 47.1 Å². The Hall–Kier alpha value is -1.68. The molecule has 4 nitrogen and oxygen atoms in total. The van der Waals surface area contributed by atoms with Crippen LogP contribution in [0, 0.1) is 0 Å². The van der Waals surface area contributed by atoms with Gasteiger partial charge in [0.25, 0.3) is 0 Å². The highest BCUT2D eigenvalue weighted by atomic mass is 16.5. The van der Waals surface area contributed by atoms with Gasteiger partial charge in [0.15, 0.2) is 5.82 Å². The lowest BCUT2D eigenvalue weighted by molar-refractivity contribution is 0.337. The van der Waals surface area contributed by atoms with E-state index in [2.05, 4.69) is 34.4 Å². The van der Waals surface area contributed by atoms with E-state index in [4.69, 9.17) is 10.3 Å². The highest BCUT2D eigenvalue weighted by molar-refractivity contribution is 5.31. The van der Waals surface area contributed by atoms with E-state index in [1.165, 1.54) is 11.1 Å². The Morgan fingerprint density at radius 2 is 2.11 bits per heavy atom. The molecule has 18 heavy (non-hydrogen) atoms. The molecule has 4 heteroatoms. The first kappa shape index (κ1) is 11.4. The molecule has 3 rings (SSSR count). The quantitative estimate of drug-likeness (QED) is 0.893. The lowest BCUT2D eigenvalue weighted by Gasteiger charge is -2.21. The highest BCUT2D eigenvalue weighted by Gasteiger charge is 2.24. The summed E-state index contributed by atoms with van der Waals surface area (Å²) in [5.74, 6) is 1.86. The fourth-order valence-electron chi connectivity index (χ4n) is 2.57. The number of nitrogens with two attached hydrogens (primary N) is 1. The third kappa shape index (κ3) is 2.16. The summed E-state index contributed by atoms with van der Waals surface area (Å²) >= 11 is 0. The van der Waals surface area contributed by atoms with Crippen LogP contribution in [0.3, 0.4) is 0 Å². The normalized spacial score (nSPS) is 18.6. The molecule has 1 aliphatic rings. The molecule has 0 aliphatic heterocycles. The number of aryl methyl sites for hydroxylation is 1. The summed E-state index contributed by atoms with van der Waals surface area (Å²) in [6.07, 6.45) is 3.87. The zero-order valence-corrected chi connectivity index (χ0v) is 10.3. The van der Waals surface area contributed by atoms with Gasteiger partial charge in [0.2, 0.25) is 5.89 Å². The Morgan fingerprint density at radius 3 is 2.94 bits per heavy atom. The molecule has 94 valence electrons. The molecule has 0 bridgehead atoms. The molecule has 0 spiro atoms. The zero-order valence-electron chi connectivity index (χ0n) is 10.3. The van der Waals surface area contributed by atoms with E-state index < -0.39 is 0 Å². The lowest BCUT2D eigenvalue weighted by Crippen LogP contribution is -2.13. The molecule has 0 radical (unpaired) electrons. The van der Waals surface area contributed by atoms with E-state index in [0.717, 1.165) is 31.0 Å². The SMILES string of the molecule is NCCc1noc(C2CCc3ccccc3C2)n1. The lowest BCUT2D eigenvalue weighted by atomic mass is 9.84. The standard InChI is InChI=1S/C14H17N3O/c15-8-7-13-16-14(18-17-13)12-6-5-10-3-1-2-4-11(10)9-12/h1-4,12H,5-9,15H2. The molecule has 0 saturated carbocycles. The fraction of sp³-hybridized carbons (Fsp3) is 0.429. The molecular weight excluding hydrogens is 226 g/mol. The van der Waals surface area contributed by atoms with Crippen LogP contribution in [0.2, 0.25) is 0 Å². The van der Waals surface area contributed by atoms with Crippen LogP contribution in [0.15, 0.2) is 28.8 Å². The van der Waals surface area contributed by atoms with E-state index in [0.29, 0.717) is 18.9 Å². The first-order valence-corrected chi connectivity index (χ1v) is 6.46. The van der Waals surface area contributed by atoms with E-state index in [1.807, 2.05) is 0 Å². The van der Waals surface area contributed by atoms with Gasteiger partial charge in [-0.25, -0.2) is 0 Å².